The van der Waals surface area contributed by atoms with Crippen LogP contribution in [0.5, 0.6) is 0 Å². The molecule has 4 bridgehead atoms. The van der Waals surface area contributed by atoms with Gasteiger partial charge in [-0.15, -0.1) is 11.5 Å². The predicted octanol–water partition coefficient (Wildman–Crippen LogP) is 6.52. The standard InChI is InChI=1S/C25H27ClSi/c1-3-17-15-19-9-12-23(17)22(19)8-6-5-7-21(27-26)11-14-25-20-10-13-24(25)18(4-2)16-20/h5-6,9-13,19-20,22-25H,1-2,7-8,14-16H2. The van der Waals surface area contributed by atoms with E-state index < -0.39 is 0 Å². The fraction of sp³-hybridized carbons (Fsp3) is 0.440. The molecule has 0 nitrogen and oxygen atoms in total. The van der Waals surface area contributed by atoms with E-state index >= 15 is 0 Å². The van der Waals surface area contributed by atoms with Crippen LogP contribution < -0.4 is 0 Å². The van der Waals surface area contributed by atoms with Crippen molar-refractivity contribution in [2.75, 3.05) is 0 Å². The summed E-state index contributed by atoms with van der Waals surface area (Å²) in [7, 11) is 0.380. The summed E-state index contributed by atoms with van der Waals surface area (Å²) in [4.78, 5) is 0. The number of halogens is 1. The lowest BCUT2D eigenvalue weighted by Crippen LogP contribution is -2.06. The van der Waals surface area contributed by atoms with E-state index in [2.05, 4.69) is 67.2 Å². The Morgan fingerprint density at radius 3 is 2.07 bits per heavy atom. The van der Waals surface area contributed by atoms with Crippen molar-refractivity contribution in [3.8, 4) is 0 Å². The van der Waals surface area contributed by atoms with Crippen molar-refractivity contribution in [1.29, 1.82) is 0 Å². The second kappa shape index (κ2) is 8.25. The van der Waals surface area contributed by atoms with Crippen LogP contribution in [0.4, 0.5) is 0 Å². The number of rotatable bonds is 7. The number of hydrogen-bond acceptors (Lipinski definition) is 0. The highest BCUT2D eigenvalue weighted by atomic mass is 35.6. The average molecular weight is 391 g/mol. The van der Waals surface area contributed by atoms with Crippen LogP contribution in [0.1, 0.15) is 32.1 Å². The monoisotopic (exact) mass is 390 g/mol. The van der Waals surface area contributed by atoms with Crippen molar-refractivity contribution < 1.29 is 0 Å². The Morgan fingerprint density at radius 1 is 0.963 bits per heavy atom. The minimum Gasteiger partial charge on any atom is -0.165 e. The second-order valence-electron chi connectivity index (χ2n) is 8.26. The summed E-state index contributed by atoms with van der Waals surface area (Å²) in [5, 5.41) is 1.38. The maximum atomic E-state index is 6.25. The van der Waals surface area contributed by atoms with Crippen molar-refractivity contribution in [1.82, 2.24) is 0 Å². The molecular formula is C25H27ClSi. The van der Waals surface area contributed by atoms with Crippen LogP contribution in [0.25, 0.3) is 0 Å². The van der Waals surface area contributed by atoms with E-state index in [-0.39, 0.29) is 0 Å². The van der Waals surface area contributed by atoms with Crippen LogP contribution in [0.3, 0.4) is 0 Å². The summed E-state index contributed by atoms with van der Waals surface area (Å²) in [6.45, 7) is 7.72. The molecule has 0 aromatic rings. The topological polar surface area (TPSA) is 0 Å². The molecule has 2 saturated carbocycles. The Morgan fingerprint density at radius 2 is 1.56 bits per heavy atom. The van der Waals surface area contributed by atoms with Gasteiger partial charge in [0.15, 0.2) is 0 Å². The summed E-state index contributed by atoms with van der Waals surface area (Å²) < 4.78 is 0. The molecule has 0 heterocycles. The van der Waals surface area contributed by atoms with Crippen molar-refractivity contribution >= 4 is 19.9 Å². The molecule has 138 valence electrons. The van der Waals surface area contributed by atoms with Crippen LogP contribution in [-0.4, -0.2) is 8.83 Å². The van der Waals surface area contributed by atoms with Crippen LogP contribution in [0.15, 0.2) is 83.5 Å². The lowest BCUT2D eigenvalue weighted by atomic mass is 9.91. The molecule has 4 rings (SSSR count). The molecular weight excluding hydrogens is 364 g/mol. The van der Waals surface area contributed by atoms with Gasteiger partial charge in [-0.3, -0.25) is 0 Å². The first-order chi connectivity index (χ1) is 13.2. The molecule has 0 aromatic carbocycles. The molecule has 2 fully saturated rings. The minimum atomic E-state index is 0.380. The van der Waals surface area contributed by atoms with Crippen LogP contribution in [-0.2, 0) is 0 Å². The normalized spacial score (nSPS) is 36.3. The molecule has 2 radical (unpaired) electrons. The SMILES string of the molecule is C=C=C1CC2C=CC1C2CC=CCC(=CCC1C2C=CC1C(=C=C)C2)[Si]Cl. The van der Waals surface area contributed by atoms with Gasteiger partial charge in [0.2, 0.25) is 8.83 Å². The molecule has 4 aliphatic carbocycles. The lowest BCUT2D eigenvalue weighted by molar-refractivity contribution is 0.442. The van der Waals surface area contributed by atoms with Gasteiger partial charge >= 0.3 is 0 Å². The van der Waals surface area contributed by atoms with Crippen LogP contribution in [0, 0.1) is 35.5 Å². The van der Waals surface area contributed by atoms with Crippen LogP contribution in [0.2, 0.25) is 0 Å². The molecule has 0 N–H and O–H groups in total. The van der Waals surface area contributed by atoms with E-state index in [1.54, 1.807) is 0 Å². The van der Waals surface area contributed by atoms with E-state index in [4.69, 9.17) is 11.1 Å². The van der Waals surface area contributed by atoms with Gasteiger partial charge in [0, 0.05) is 11.8 Å². The van der Waals surface area contributed by atoms with Crippen molar-refractivity contribution in [2.24, 2.45) is 35.5 Å². The predicted molar refractivity (Wildman–Crippen MR) is 116 cm³/mol. The summed E-state index contributed by atoms with van der Waals surface area (Å²) in [6.07, 6.45) is 22.2. The highest BCUT2D eigenvalue weighted by Crippen LogP contribution is 2.50. The van der Waals surface area contributed by atoms with Gasteiger partial charge < -0.3 is 0 Å². The molecule has 4 aliphatic rings. The second-order valence-corrected chi connectivity index (χ2v) is 9.66. The number of fused-ring (bicyclic) bond motifs is 4. The first-order valence-electron chi connectivity index (χ1n) is 10.1. The Labute approximate surface area is 171 Å². The molecule has 6 unspecified atom stereocenters. The quantitative estimate of drug-likeness (QED) is 0.201. The van der Waals surface area contributed by atoms with Gasteiger partial charge in [-0.2, -0.15) is 11.1 Å². The van der Waals surface area contributed by atoms with E-state index in [9.17, 15) is 0 Å². The smallest absolute Gasteiger partial charge is 0.165 e. The molecule has 2 heteroatoms. The summed E-state index contributed by atoms with van der Waals surface area (Å²) >= 11 is 6.25. The third-order valence-corrected chi connectivity index (χ3v) is 8.37. The zero-order valence-electron chi connectivity index (χ0n) is 15.8. The molecule has 0 saturated heterocycles. The Hall–Kier alpha value is -1.49. The minimum absolute atomic E-state index is 0.380. The van der Waals surface area contributed by atoms with E-state index in [1.807, 2.05) is 0 Å². The zero-order chi connectivity index (χ0) is 18.8. The van der Waals surface area contributed by atoms with Crippen molar-refractivity contribution in [2.45, 2.75) is 32.1 Å². The van der Waals surface area contributed by atoms with Gasteiger partial charge in [-0.05, 0) is 66.9 Å². The number of allylic oxidation sites excluding steroid dienone is 10. The van der Waals surface area contributed by atoms with Crippen molar-refractivity contribution in [3.63, 3.8) is 0 Å². The molecule has 27 heavy (non-hydrogen) atoms. The van der Waals surface area contributed by atoms with E-state index in [0.29, 0.717) is 38.4 Å². The van der Waals surface area contributed by atoms with Gasteiger partial charge in [0.25, 0.3) is 0 Å². The molecule has 0 spiro atoms. The molecule has 0 aliphatic heterocycles. The third kappa shape index (κ3) is 3.63. The van der Waals surface area contributed by atoms with E-state index in [1.165, 1.54) is 16.3 Å². The Balaban J connectivity index is 1.29. The first-order valence-corrected chi connectivity index (χ1v) is 12.1. The Kier molecular flexibility index (Phi) is 5.76. The molecule has 0 amide bonds. The highest BCUT2D eigenvalue weighted by molar-refractivity contribution is 6.97. The van der Waals surface area contributed by atoms with Gasteiger partial charge in [-0.25, -0.2) is 0 Å². The molecule has 6 atom stereocenters. The van der Waals surface area contributed by atoms with Crippen molar-refractivity contribution in [3.05, 3.63) is 83.5 Å². The van der Waals surface area contributed by atoms with Gasteiger partial charge in [0.05, 0.1) is 0 Å². The largest absolute Gasteiger partial charge is 0.206 e. The maximum absolute atomic E-state index is 6.25. The van der Waals surface area contributed by atoms with Gasteiger partial charge in [-0.1, -0.05) is 60.9 Å². The highest BCUT2D eigenvalue weighted by Gasteiger charge is 2.41. The lowest BCUT2D eigenvalue weighted by Gasteiger charge is -2.14. The fourth-order valence-corrected chi connectivity index (χ4v) is 6.37. The number of hydrogen-bond donors (Lipinski definition) is 0. The summed E-state index contributed by atoms with van der Waals surface area (Å²) in [6, 6.07) is 0. The maximum Gasteiger partial charge on any atom is 0.206 e. The van der Waals surface area contributed by atoms with Gasteiger partial charge in [0.1, 0.15) is 0 Å². The molecule has 0 aromatic heterocycles. The summed E-state index contributed by atoms with van der Waals surface area (Å²) in [5.41, 5.74) is 9.13. The zero-order valence-corrected chi connectivity index (χ0v) is 17.6. The Bertz CT molecular complexity index is 813. The van der Waals surface area contributed by atoms with Crippen LogP contribution >= 0.6 is 11.1 Å². The summed E-state index contributed by atoms with van der Waals surface area (Å²) in [5.74, 6) is 3.96. The average Bonchev–Trinajstić information content (AvgIpc) is 3.46. The first kappa shape index (κ1) is 18.9. The fourth-order valence-electron chi connectivity index (χ4n) is 5.52. The van der Waals surface area contributed by atoms with E-state index in [0.717, 1.165) is 38.0 Å². The third-order valence-electron chi connectivity index (χ3n) is 6.99.